The van der Waals surface area contributed by atoms with Gasteiger partial charge < -0.3 is 10.0 Å². The second-order valence-corrected chi connectivity index (χ2v) is 5.23. The van der Waals surface area contributed by atoms with E-state index in [0.29, 0.717) is 12.8 Å². The highest BCUT2D eigenvalue weighted by Gasteiger charge is 2.34. The number of carboxylic acids is 1. The van der Waals surface area contributed by atoms with Crippen LogP contribution in [0.3, 0.4) is 0 Å². The van der Waals surface area contributed by atoms with Gasteiger partial charge in [-0.1, -0.05) is 0 Å². The zero-order valence-electron chi connectivity index (χ0n) is 10.3. The summed E-state index contributed by atoms with van der Waals surface area (Å²) < 4.78 is 0. The topological polar surface area (TPSA) is 57.6 Å². The van der Waals surface area contributed by atoms with Crippen molar-refractivity contribution in [2.75, 3.05) is 7.05 Å². The summed E-state index contributed by atoms with van der Waals surface area (Å²) in [4.78, 5) is 24.2. The predicted molar refractivity (Wildman–Crippen MR) is 67.1 cm³/mol. The van der Waals surface area contributed by atoms with Gasteiger partial charge in [0.1, 0.15) is 5.54 Å². The van der Waals surface area contributed by atoms with Gasteiger partial charge in [0.15, 0.2) is 0 Å². The van der Waals surface area contributed by atoms with Crippen LogP contribution in [0.4, 0.5) is 0 Å². The molecule has 0 atom stereocenters. The van der Waals surface area contributed by atoms with Crippen LogP contribution < -0.4 is 0 Å². The number of hydrogen-bond donors (Lipinski definition) is 1. The van der Waals surface area contributed by atoms with Gasteiger partial charge in [0.05, 0.1) is 0 Å². The summed E-state index contributed by atoms with van der Waals surface area (Å²) >= 11 is 1.59. The van der Waals surface area contributed by atoms with Crippen LogP contribution in [0, 0.1) is 0 Å². The van der Waals surface area contributed by atoms with Gasteiger partial charge in [-0.3, -0.25) is 4.79 Å². The third kappa shape index (κ3) is 3.30. The zero-order valence-corrected chi connectivity index (χ0v) is 11.1. The van der Waals surface area contributed by atoms with Gasteiger partial charge in [0.25, 0.3) is 0 Å². The van der Waals surface area contributed by atoms with E-state index in [0.717, 1.165) is 5.56 Å². The molecule has 0 aliphatic heterocycles. The van der Waals surface area contributed by atoms with Gasteiger partial charge in [-0.2, -0.15) is 11.3 Å². The third-order valence-electron chi connectivity index (χ3n) is 2.94. The molecular formula is C12H17NO3S. The number of thiophene rings is 1. The van der Waals surface area contributed by atoms with Crippen molar-refractivity contribution < 1.29 is 14.7 Å². The van der Waals surface area contributed by atoms with Crippen LogP contribution in [0.5, 0.6) is 0 Å². The van der Waals surface area contributed by atoms with Crippen LogP contribution in [0.2, 0.25) is 0 Å². The van der Waals surface area contributed by atoms with Crippen LogP contribution in [-0.2, 0) is 16.0 Å². The summed E-state index contributed by atoms with van der Waals surface area (Å²) in [5, 5.41) is 13.0. The minimum Gasteiger partial charge on any atom is -0.480 e. The molecule has 0 unspecified atom stereocenters. The number of aryl methyl sites for hydroxylation is 1. The highest BCUT2D eigenvalue weighted by Crippen LogP contribution is 2.15. The fourth-order valence-electron chi connectivity index (χ4n) is 1.31. The van der Waals surface area contributed by atoms with Gasteiger partial charge >= 0.3 is 5.97 Å². The van der Waals surface area contributed by atoms with E-state index in [9.17, 15) is 9.59 Å². The first kappa shape index (κ1) is 13.7. The SMILES string of the molecule is CN(C(=O)CCc1ccsc1)C(C)(C)C(=O)O. The van der Waals surface area contributed by atoms with Crippen molar-refractivity contribution in [3.05, 3.63) is 22.4 Å². The number of nitrogens with zero attached hydrogens (tertiary/aromatic N) is 1. The summed E-state index contributed by atoms with van der Waals surface area (Å²) in [6.07, 6.45) is 0.992. The number of carbonyl (C=O) groups excluding carboxylic acids is 1. The molecule has 1 rings (SSSR count). The minimum absolute atomic E-state index is 0.149. The lowest BCUT2D eigenvalue weighted by Crippen LogP contribution is -2.50. The van der Waals surface area contributed by atoms with E-state index in [4.69, 9.17) is 5.11 Å². The van der Waals surface area contributed by atoms with E-state index in [2.05, 4.69) is 0 Å². The molecule has 0 spiro atoms. The number of hydrogen-bond acceptors (Lipinski definition) is 3. The lowest BCUT2D eigenvalue weighted by molar-refractivity contribution is -0.155. The first-order valence-corrected chi connectivity index (χ1v) is 6.31. The molecule has 17 heavy (non-hydrogen) atoms. The molecule has 1 heterocycles. The molecule has 0 saturated carbocycles. The molecule has 0 aliphatic carbocycles. The van der Waals surface area contributed by atoms with Crippen molar-refractivity contribution in [2.24, 2.45) is 0 Å². The van der Waals surface area contributed by atoms with E-state index in [-0.39, 0.29) is 5.91 Å². The molecule has 5 heteroatoms. The quantitative estimate of drug-likeness (QED) is 0.875. The number of likely N-dealkylation sites (N-methyl/N-ethyl adjacent to an activating group) is 1. The third-order valence-corrected chi connectivity index (χ3v) is 3.68. The summed E-state index contributed by atoms with van der Waals surface area (Å²) in [5.41, 5.74) is -0.0454. The average molecular weight is 255 g/mol. The van der Waals surface area contributed by atoms with E-state index in [1.807, 2.05) is 16.8 Å². The van der Waals surface area contributed by atoms with E-state index in [1.165, 1.54) is 25.8 Å². The van der Waals surface area contributed by atoms with Crippen molar-refractivity contribution in [1.82, 2.24) is 4.90 Å². The van der Waals surface area contributed by atoms with Gasteiger partial charge in [-0.15, -0.1) is 0 Å². The molecule has 0 saturated heterocycles. The lowest BCUT2D eigenvalue weighted by Gasteiger charge is -2.31. The molecule has 0 aromatic carbocycles. The molecule has 0 bridgehead atoms. The molecule has 1 aromatic heterocycles. The van der Waals surface area contributed by atoms with E-state index >= 15 is 0 Å². The number of carbonyl (C=O) groups is 2. The minimum atomic E-state index is -1.16. The Bertz CT molecular complexity index is 398. The van der Waals surface area contributed by atoms with Crippen molar-refractivity contribution in [1.29, 1.82) is 0 Å². The van der Waals surface area contributed by atoms with Crippen molar-refractivity contribution in [3.63, 3.8) is 0 Å². The van der Waals surface area contributed by atoms with E-state index < -0.39 is 11.5 Å². The summed E-state index contributed by atoms with van der Waals surface area (Å²) in [5.74, 6) is -1.15. The fourth-order valence-corrected chi connectivity index (χ4v) is 2.01. The Balaban J connectivity index is 2.56. The molecular weight excluding hydrogens is 238 g/mol. The van der Waals surface area contributed by atoms with Gasteiger partial charge in [0.2, 0.25) is 5.91 Å². The first-order chi connectivity index (χ1) is 7.85. The molecule has 0 fully saturated rings. The number of rotatable bonds is 5. The van der Waals surface area contributed by atoms with E-state index in [1.54, 1.807) is 11.3 Å². The zero-order chi connectivity index (χ0) is 13.1. The van der Waals surface area contributed by atoms with Crippen molar-refractivity contribution in [2.45, 2.75) is 32.2 Å². The normalized spacial score (nSPS) is 11.2. The second kappa shape index (κ2) is 5.31. The highest BCUT2D eigenvalue weighted by atomic mass is 32.1. The number of amides is 1. The monoisotopic (exact) mass is 255 g/mol. The van der Waals surface area contributed by atoms with Crippen molar-refractivity contribution in [3.8, 4) is 0 Å². The Labute approximate surface area is 105 Å². The fraction of sp³-hybridized carbons (Fsp3) is 0.500. The Kier molecular flexibility index (Phi) is 4.28. The maximum absolute atomic E-state index is 11.9. The maximum Gasteiger partial charge on any atom is 0.329 e. The van der Waals surface area contributed by atoms with Crippen LogP contribution in [0.15, 0.2) is 16.8 Å². The molecule has 1 amide bonds. The summed E-state index contributed by atoms with van der Waals surface area (Å²) in [6.45, 7) is 3.05. The van der Waals surface area contributed by atoms with Crippen LogP contribution >= 0.6 is 11.3 Å². The van der Waals surface area contributed by atoms with Gasteiger partial charge in [-0.25, -0.2) is 4.79 Å². The Morgan fingerprint density at radius 1 is 1.47 bits per heavy atom. The molecule has 1 aromatic rings. The first-order valence-electron chi connectivity index (χ1n) is 5.37. The molecule has 0 aliphatic rings. The summed E-state index contributed by atoms with van der Waals surface area (Å²) in [6, 6.07) is 1.97. The molecule has 1 N–H and O–H groups in total. The Hall–Kier alpha value is -1.36. The lowest BCUT2D eigenvalue weighted by atomic mass is 10.0. The number of aliphatic carboxylic acids is 1. The Morgan fingerprint density at radius 2 is 2.12 bits per heavy atom. The van der Waals surface area contributed by atoms with Crippen molar-refractivity contribution >= 4 is 23.2 Å². The van der Waals surface area contributed by atoms with Crippen LogP contribution in [0.1, 0.15) is 25.8 Å². The molecule has 4 nitrogen and oxygen atoms in total. The van der Waals surface area contributed by atoms with Gasteiger partial charge in [0, 0.05) is 13.5 Å². The number of carboxylic acid groups (broad SMARTS) is 1. The Morgan fingerprint density at radius 3 is 2.59 bits per heavy atom. The van der Waals surface area contributed by atoms with Gasteiger partial charge in [-0.05, 0) is 42.7 Å². The smallest absolute Gasteiger partial charge is 0.329 e. The standard InChI is InChI=1S/C12H17NO3S/c1-12(2,11(15)16)13(3)10(14)5-4-9-6-7-17-8-9/h6-8H,4-5H2,1-3H3,(H,15,16). The van der Waals surface area contributed by atoms with Crippen LogP contribution in [-0.4, -0.2) is 34.5 Å². The summed E-state index contributed by atoms with van der Waals surface area (Å²) in [7, 11) is 1.53. The van der Waals surface area contributed by atoms with Crippen LogP contribution in [0.25, 0.3) is 0 Å². The molecule has 94 valence electrons. The second-order valence-electron chi connectivity index (χ2n) is 4.45. The predicted octanol–water partition coefficient (Wildman–Crippen LogP) is 2.00. The largest absolute Gasteiger partial charge is 0.480 e. The molecule has 0 radical (unpaired) electrons. The maximum atomic E-state index is 11.9. The average Bonchev–Trinajstić information content (AvgIpc) is 2.77. The highest BCUT2D eigenvalue weighted by molar-refractivity contribution is 7.07.